The predicted molar refractivity (Wildman–Crippen MR) is 115 cm³/mol. The largest absolute Gasteiger partial charge is 0.204 e. The number of halogens is 2. The van der Waals surface area contributed by atoms with E-state index in [0.717, 1.165) is 23.8 Å². The van der Waals surface area contributed by atoms with Crippen LogP contribution in [0, 0.1) is 29.4 Å². The van der Waals surface area contributed by atoms with Crippen LogP contribution in [0.5, 0.6) is 0 Å². The van der Waals surface area contributed by atoms with Crippen molar-refractivity contribution < 1.29 is 8.78 Å². The Morgan fingerprint density at radius 2 is 1.68 bits per heavy atom. The van der Waals surface area contributed by atoms with E-state index >= 15 is 0 Å². The summed E-state index contributed by atoms with van der Waals surface area (Å²) in [6, 6.07) is 4.43. The van der Waals surface area contributed by atoms with Gasteiger partial charge in [0.2, 0.25) is 0 Å². The number of benzene rings is 1. The second kappa shape index (κ2) is 10.9. The standard InChI is InChI=1S/C26H36F2/c1-2-3-4-5-6-7-9-20-12-14-21(15-13-20)22-16-18-23(19-17-22)24-10-8-11-25(27)26(24)28/h8,10-11,16,18-22H,2-7,9,12-15,17H2,1H3. The van der Waals surface area contributed by atoms with Crippen molar-refractivity contribution in [3.8, 4) is 0 Å². The minimum atomic E-state index is -0.766. The minimum absolute atomic E-state index is 0.386. The van der Waals surface area contributed by atoms with Gasteiger partial charge in [-0.1, -0.05) is 95.1 Å². The van der Waals surface area contributed by atoms with Crippen LogP contribution in [0.2, 0.25) is 0 Å². The maximum Gasteiger partial charge on any atom is 0.166 e. The smallest absolute Gasteiger partial charge is 0.166 e. The minimum Gasteiger partial charge on any atom is -0.204 e. The zero-order chi connectivity index (χ0) is 19.8. The highest BCUT2D eigenvalue weighted by molar-refractivity contribution is 5.75. The van der Waals surface area contributed by atoms with Crippen LogP contribution in [0.15, 0.2) is 36.4 Å². The van der Waals surface area contributed by atoms with Gasteiger partial charge in [-0.25, -0.2) is 8.78 Å². The molecule has 1 aromatic rings. The van der Waals surface area contributed by atoms with E-state index in [1.54, 1.807) is 12.1 Å². The van der Waals surface area contributed by atoms with Crippen molar-refractivity contribution in [1.29, 1.82) is 0 Å². The summed E-state index contributed by atoms with van der Waals surface area (Å²) in [5.74, 6) is 0.759. The highest BCUT2D eigenvalue weighted by Crippen LogP contribution is 2.40. The SMILES string of the molecule is CCCCCCCCC1CCC(C2C=CC(c3cccc(F)c3F)=CC2)CC1. The van der Waals surface area contributed by atoms with Gasteiger partial charge in [0.05, 0.1) is 0 Å². The van der Waals surface area contributed by atoms with Crippen molar-refractivity contribution in [1.82, 2.24) is 0 Å². The summed E-state index contributed by atoms with van der Waals surface area (Å²) >= 11 is 0. The zero-order valence-electron chi connectivity index (χ0n) is 17.4. The summed E-state index contributed by atoms with van der Waals surface area (Å²) in [6.45, 7) is 2.27. The Morgan fingerprint density at radius 1 is 0.929 bits per heavy atom. The van der Waals surface area contributed by atoms with Gasteiger partial charge in [0.25, 0.3) is 0 Å². The lowest BCUT2D eigenvalue weighted by Gasteiger charge is -2.33. The molecule has 28 heavy (non-hydrogen) atoms. The van der Waals surface area contributed by atoms with Gasteiger partial charge in [-0.05, 0) is 48.7 Å². The normalized spacial score (nSPS) is 25.0. The first-order valence-electron chi connectivity index (χ1n) is 11.5. The Balaban J connectivity index is 1.40. The molecule has 1 unspecified atom stereocenters. The number of hydrogen-bond acceptors (Lipinski definition) is 0. The summed E-state index contributed by atoms with van der Waals surface area (Å²) in [5.41, 5.74) is 1.21. The van der Waals surface area contributed by atoms with Crippen LogP contribution in [0.4, 0.5) is 8.78 Å². The summed E-state index contributed by atoms with van der Waals surface area (Å²) < 4.78 is 27.5. The van der Waals surface area contributed by atoms with Crippen molar-refractivity contribution in [2.45, 2.75) is 84.0 Å². The van der Waals surface area contributed by atoms with Gasteiger partial charge in [0, 0.05) is 5.56 Å². The highest BCUT2D eigenvalue weighted by Gasteiger charge is 2.27. The van der Waals surface area contributed by atoms with Crippen molar-refractivity contribution in [3.63, 3.8) is 0 Å². The van der Waals surface area contributed by atoms with E-state index in [-0.39, 0.29) is 0 Å². The van der Waals surface area contributed by atoms with E-state index < -0.39 is 11.6 Å². The third-order valence-corrected chi connectivity index (χ3v) is 6.86. The van der Waals surface area contributed by atoms with Crippen LogP contribution in [-0.2, 0) is 0 Å². The highest BCUT2D eigenvalue weighted by atomic mass is 19.2. The van der Waals surface area contributed by atoms with Crippen LogP contribution >= 0.6 is 0 Å². The third-order valence-electron chi connectivity index (χ3n) is 6.86. The van der Waals surface area contributed by atoms with Crippen LogP contribution < -0.4 is 0 Å². The third kappa shape index (κ3) is 5.78. The average Bonchev–Trinajstić information content (AvgIpc) is 2.73. The van der Waals surface area contributed by atoms with Gasteiger partial charge in [0.15, 0.2) is 11.6 Å². The van der Waals surface area contributed by atoms with E-state index in [4.69, 9.17) is 0 Å². The van der Waals surface area contributed by atoms with E-state index in [1.165, 1.54) is 76.7 Å². The van der Waals surface area contributed by atoms with Crippen molar-refractivity contribution >= 4 is 5.57 Å². The van der Waals surface area contributed by atoms with Crippen molar-refractivity contribution in [2.75, 3.05) is 0 Å². The van der Waals surface area contributed by atoms with Crippen molar-refractivity contribution in [3.05, 3.63) is 53.6 Å². The summed E-state index contributed by atoms with van der Waals surface area (Å²) in [5, 5.41) is 0. The molecule has 2 aliphatic carbocycles. The number of rotatable bonds is 9. The molecule has 154 valence electrons. The molecule has 1 fully saturated rings. The molecule has 0 saturated heterocycles. The maximum absolute atomic E-state index is 14.0. The molecule has 2 aliphatic rings. The molecule has 1 atom stereocenters. The number of hydrogen-bond donors (Lipinski definition) is 0. The summed E-state index contributed by atoms with van der Waals surface area (Å²) in [7, 11) is 0. The molecule has 0 amide bonds. The molecule has 0 spiro atoms. The molecule has 0 aliphatic heterocycles. The first kappa shape index (κ1) is 21.3. The molecule has 0 N–H and O–H groups in total. The Morgan fingerprint density at radius 3 is 2.39 bits per heavy atom. The maximum atomic E-state index is 14.0. The molecule has 1 aromatic carbocycles. The Labute approximate surface area is 170 Å². The summed E-state index contributed by atoms with van der Waals surface area (Å²) in [6.07, 6.45) is 22.5. The number of unbranched alkanes of at least 4 members (excludes halogenated alkanes) is 5. The molecule has 0 aromatic heterocycles. The van der Waals surface area contributed by atoms with Gasteiger partial charge >= 0.3 is 0 Å². The Kier molecular flexibility index (Phi) is 8.30. The topological polar surface area (TPSA) is 0 Å². The fourth-order valence-corrected chi connectivity index (χ4v) is 5.03. The monoisotopic (exact) mass is 386 g/mol. The van der Waals surface area contributed by atoms with Gasteiger partial charge in [0.1, 0.15) is 0 Å². The van der Waals surface area contributed by atoms with E-state index in [9.17, 15) is 8.78 Å². The average molecular weight is 387 g/mol. The lowest BCUT2D eigenvalue weighted by molar-refractivity contribution is 0.218. The lowest BCUT2D eigenvalue weighted by atomic mass is 9.72. The van der Waals surface area contributed by atoms with Gasteiger partial charge in [-0.3, -0.25) is 0 Å². The Bertz CT molecular complexity index is 665. The van der Waals surface area contributed by atoms with Gasteiger partial charge in [-0.15, -0.1) is 0 Å². The molecule has 0 nitrogen and oxygen atoms in total. The summed E-state index contributed by atoms with van der Waals surface area (Å²) in [4.78, 5) is 0. The van der Waals surface area contributed by atoms with E-state index in [1.807, 2.05) is 6.08 Å². The Hall–Kier alpha value is -1.44. The molecular formula is C26H36F2. The molecular weight excluding hydrogens is 350 g/mol. The van der Waals surface area contributed by atoms with Crippen molar-refractivity contribution in [2.24, 2.45) is 17.8 Å². The second-order valence-electron chi connectivity index (χ2n) is 8.86. The van der Waals surface area contributed by atoms with Gasteiger partial charge < -0.3 is 0 Å². The molecule has 0 heterocycles. The predicted octanol–water partition coefficient (Wildman–Crippen LogP) is 8.48. The molecule has 0 bridgehead atoms. The van der Waals surface area contributed by atoms with E-state index in [0.29, 0.717) is 11.5 Å². The number of allylic oxidation sites excluding steroid dienone is 4. The molecule has 3 rings (SSSR count). The van der Waals surface area contributed by atoms with Gasteiger partial charge in [-0.2, -0.15) is 0 Å². The zero-order valence-corrected chi connectivity index (χ0v) is 17.4. The van der Waals surface area contributed by atoms with Crippen LogP contribution in [0.3, 0.4) is 0 Å². The van der Waals surface area contributed by atoms with Crippen LogP contribution in [-0.4, -0.2) is 0 Å². The molecule has 1 saturated carbocycles. The van der Waals surface area contributed by atoms with Crippen LogP contribution in [0.25, 0.3) is 5.57 Å². The quantitative estimate of drug-likeness (QED) is 0.373. The lowest BCUT2D eigenvalue weighted by Crippen LogP contribution is -2.21. The van der Waals surface area contributed by atoms with Crippen LogP contribution in [0.1, 0.15) is 89.5 Å². The fourth-order valence-electron chi connectivity index (χ4n) is 5.03. The first-order valence-corrected chi connectivity index (χ1v) is 11.5. The first-order chi connectivity index (χ1) is 13.7. The fraction of sp³-hybridized carbons (Fsp3) is 0.615. The van der Waals surface area contributed by atoms with E-state index in [2.05, 4.69) is 19.1 Å². The molecule has 2 heteroatoms. The molecule has 0 radical (unpaired) electrons. The second-order valence-corrected chi connectivity index (χ2v) is 8.86.